The zero-order valence-electron chi connectivity index (χ0n) is 19.7. The van der Waals surface area contributed by atoms with Gasteiger partial charge in [0.25, 0.3) is 0 Å². The van der Waals surface area contributed by atoms with Gasteiger partial charge in [0.05, 0.1) is 5.70 Å². The molecule has 1 heterocycles. The maximum absolute atomic E-state index is 4.51. The molecule has 1 saturated heterocycles. The number of hydrazine groups is 1. The quantitative estimate of drug-likeness (QED) is 0.269. The van der Waals surface area contributed by atoms with Crippen LogP contribution < -0.4 is 0 Å². The minimum Gasteiger partial charge on any atom is -0.370 e. The lowest BCUT2D eigenvalue weighted by Crippen LogP contribution is -2.35. The van der Waals surface area contributed by atoms with Gasteiger partial charge in [0, 0.05) is 44.7 Å². The first kappa shape index (κ1) is 23.4. The highest BCUT2D eigenvalue weighted by molar-refractivity contribution is 5.78. The molecule has 3 rings (SSSR count). The van der Waals surface area contributed by atoms with Crippen molar-refractivity contribution < 1.29 is 0 Å². The predicted molar refractivity (Wildman–Crippen MR) is 137 cm³/mol. The molecule has 0 atom stereocenters. The topological polar surface area (TPSA) is 9.72 Å². The average Bonchev–Trinajstić information content (AvgIpc) is 2.84. The molecule has 0 amide bonds. The Labute approximate surface area is 193 Å². The number of likely N-dealkylation sites (tertiary alicyclic amines) is 1. The van der Waals surface area contributed by atoms with E-state index in [4.69, 9.17) is 0 Å². The second-order valence-corrected chi connectivity index (χ2v) is 8.31. The van der Waals surface area contributed by atoms with Crippen LogP contribution in [0.2, 0.25) is 0 Å². The third-order valence-electron chi connectivity index (χ3n) is 5.87. The fraction of sp³-hybridized carbons (Fsp3) is 0.276. The van der Waals surface area contributed by atoms with Crippen LogP contribution in [0, 0.1) is 0 Å². The second-order valence-electron chi connectivity index (χ2n) is 8.31. The Morgan fingerprint density at radius 3 is 2.00 bits per heavy atom. The first-order valence-corrected chi connectivity index (χ1v) is 11.3. The lowest BCUT2D eigenvalue weighted by molar-refractivity contribution is 0.121. The number of hydrogen-bond donors (Lipinski definition) is 0. The Balaban J connectivity index is 2.12. The number of benzene rings is 2. The molecule has 0 aromatic heterocycles. The molecule has 1 aliphatic rings. The summed E-state index contributed by atoms with van der Waals surface area (Å²) in [6, 6.07) is 20.9. The van der Waals surface area contributed by atoms with Crippen LogP contribution in [0.4, 0.5) is 0 Å². The van der Waals surface area contributed by atoms with E-state index < -0.39 is 0 Å². The summed E-state index contributed by atoms with van der Waals surface area (Å²) in [5.74, 6) is 0. The largest absolute Gasteiger partial charge is 0.370 e. The molecule has 0 radical (unpaired) electrons. The van der Waals surface area contributed by atoms with E-state index in [9.17, 15) is 0 Å². The zero-order valence-corrected chi connectivity index (χ0v) is 19.7. The molecule has 0 bridgehead atoms. The number of hydrogen-bond acceptors (Lipinski definition) is 3. The van der Waals surface area contributed by atoms with Crippen LogP contribution in [0.25, 0.3) is 11.1 Å². The van der Waals surface area contributed by atoms with E-state index in [2.05, 4.69) is 110 Å². The van der Waals surface area contributed by atoms with Gasteiger partial charge >= 0.3 is 0 Å². The van der Waals surface area contributed by atoms with Crippen molar-refractivity contribution in [2.45, 2.75) is 26.2 Å². The van der Waals surface area contributed by atoms with E-state index in [1.54, 1.807) is 0 Å². The van der Waals surface area contributed by atoms with Gasteiger partial charge in [-0.2, -0.15) is 0 Å². The van der Waals surface area contributed by atoms with E-state index in [1.807, 2.05) is 18.2 Å². The van der Waals surface area contributed by atoms with Crippen LogP contribution in [0.15, 0.2) is 103 Å². The highest BCUT2D eigenvalue weighted by atomic mass is 15.6. The Kier molecular flexibility index (Phi) is 8.33. The van der Waals surface area contributed by atoms with Crippen LogP contribution in [0.1, 0.15) is 37.3 Å². The molecular weight excluding hydrogens is 390 g/mol. The molecule has 2 aromatic carbocycles. The molecule has 0 aliphatic carbocycles. The van der Waals surface area contributed by atoms with Crippen LogP contribution in [0.3, 0.4) is 0 Å². The maximum atomic E-state index is 4.51. The molecule has 0 saturated carbocycles. The maximum Gasteiger partial charge on any atom is 0.0621 e. The van der Waals surface area contributed by atoms with Gasteiger partial charge in [0.1, 0.15) is 0 Å². The molecule has 1 aliphatic heterocycles. The minimum atomic E-state index is 1.05. The van der Waals surface area contributed by atoms with Crippen molar-refractivity contribution in [3.63, 3.8) is 0 Å². The third-order valence-corrected chi connectivity index (χ3v) is 5.87. The molecule has 0 N–H and O–H groups in total. The summed E-state index contributed by atoms with van der Waals surface area (Å²) in [5, 5.41) is 4.31. The Morgan fingerprint density at radius 2 is 1.47 bits per heavy atom. The summed E-state index contributed by atoms with van der Waals surface area (Å²) in [6.45, 7) is 12.6. The molecule has 3 nitrogen and oxygen atoms in total. The highest BCUT2D eigenvalue weighted by Gasteiger charge is 2.20. The SMILES string of the molecule is C=C=C/C(=C(/C)N(/C=C(/C(=C)c1ccccc1)N1CCCCC1)N(C)C)c1ccccc1. The first-order valence-electron chi connectivity index (χ1n) is 11.3. The highest BCUT2D eigenvalue weighted by Crippen LogP contribution is 2.30. The molecular formula is C29H35N3. The first-order chi connectivity index (χ1) is 15.5. The number of nitrogens with zero attached hydrogens (tertiary/aromatic N) is 3. The Hall–Kier alpha value is -3.26. The summed E-state index contributed by atoms with van der Waals surface area (Å²) in [6.07, 6.45) is 7.91. The van der Waals surface area contributed by atoms with Gasteiger partial charge in [-0.15, -0.1) is 5.73 Å². The molecule has 2 aromatic rings. The number of rotatable bonds is 8. The zero-order chi connectivity index (χ0) is 22.9. The van der Waals surface area contributed by atoms with E-state index in [1.165, 1.54) is 25.0 Å². The van der Waals surface area contributed by atoms with Crippen molar-refractivity contribution in [3.05, 3.63) is 114 Å². The van der Waals surface area contributed by atoms with Crippen LogP contribution in [0.5, 0.6) is 0 Å². The van der Waals surface area contributed by atoms with Gasteiger partial charge in [0.15, 0.2) is 0 Å². The fourth-order valence-corrected chi connectivity index (χ4v) is 4.14. The van der Waals surface area contributed by atoms with Crippen molar-refractivity contribution in [3.8, 4) is 0 Å². The number of allylic oxidation sites excluding steroid dienone is 4. The Bertz CT molecular complexity index is 1000. The molecule has 166 valence electrons. The van der Waals surface area contributed by atoms with Gasteiger partial charge in [-0.25, -0.2) is 5.01 Å². The molecule has 1 fully saturated rings. The smallest absolute Gasteiger partial charge is 0.0621 e. The fourth-order valence-electron chi connectivity index (χ4n) is 4.14. The van der Waals surface area contributed by atoms with E-state index in [0.29, 0.717) is 0 Å². The Morgan fingerprint density at radius 1 is 0.906 bits per heavy atom. The summed E-state index contributed by atoms with van der Waals surface area (Å²) < 4.78 is 0. The van der Waals surface area contributed by atoms with E-state index in [0.717, 1.165) is 41.1 Å². The molecule has 0 unspecified atom stereocenters. The van der Waals surface area contributed by atoms with Gasteiger partial charge in [-0.3, -0.25) is 5.01 Å². The molecule has 0 spiro atoms. The van der Waals surface area contributed by atoms with E-state index >= 15 is 0 Å². The van der Waals surface area contributed by atoms with Crippen molar-refractivity contribution in [2.24, 2.45) is 0 Å². The monoisotopic (exact) mass is 425 g/mol. The summed E-state index contributed by atoms with van der Waals surface area (Å²) >= 11 is 0. The standard InChI is InChI=1S/C29H35N3/c1-6-16-28(27-19-12-8-13-20-27)25(3)32(30(4)5)23-29(31-21-14-9-15-22-31)24(2)26-17-10-7-11-18-26/h7-8,10-13,16-20,23H,1-2,9,14-15,21-22H2,3-5H3/b28-25+,29-23-. The molecule has 32 heavy (non-hydrogen) atoms. The summed E-state index contributed by atoms with van der Waals surface area (Å²) in [7, 11) is 4.14. The minimum absolute atomic E-state index is 1.05. The summed E-state index contributed by atoms with van der Waals surface area (Å²) in [5.41, 5.74) is 9.68. The van der Waals surface area contributed by atoms with Gasteiger partial charge < -0.3 is 4.90 Å². The lowest BCUT2D eigenvalue weighted by Gasteiger charge is -2.36. The normalized spacial score (nSPS) is 15.1. The second kappa shape index (κ2) is 11.4. The average molecular weight is 426 g/mol. The van der Waals surface area contributed by atoms with Crippen molar-refractivity contribution in [1.82, 2.24) is 14.9 Å². The van der Waals surface area contributed by atoms with Gasteiger partial charge in [-0.1, -0.05) is 73.8 Å². The van der Waals surface area contributed by atoms with Crippen molar-refractivity contribution >= 4 is 11.1 Å². The van der Waals surface area contributed by atoms with Crippen LogP contribution >= 0.6 is 0 Å². The van der Waals surface area contributed by atoms with Gasteiger partial charge in [-0.05, 0) is 49.0 Å². The van der Waals surface area contributed by atoms with Crippen LogP contribution in [-0.4, -0.2) is 42.1 Å². The number of piperidine rings is 1. The van der Waals surface area contributed by atoms with E-state index in [-0.39, 0.29) is 0 Å². The predicted octanol–water partition coefficient (Wildman–Crippen LogP) is 6.58. The molecule has 3 heteroatoms. The van der Waals surface area contributed by atoms with Crippen molar-refractivity contribution in [1.29, 1.82) is 0 Å². The van der Waals surface area contributed by atoms with Crippen LogP contribution in [-0.2, 0) is 0 Å². The van der Waals surface area contributed by atoms with Gasteiger partial charge in [0.2, 0.25) is 0 Å². The third kappa shape index (κ3) is 5.70. The summed E-state index contributed by atoms with van der Waals surface area (Å²) in [4.78, 5) is 2.48. The van der Waals surface area contributed by atoms with Crippen molar-refractivity contribution in [2.75, 3.05) is 27.2 Å². The lowest BCUT2D eigenvalue weighted by atomic mass is 10.0.